The molecule has 5 heterocycles. The van der Waals surface area contributed by atoms with Crippen LogP contribution in [0.3, 0.4) is 0 Å². The number of hydrogen-bond donors (Lipinski definition) is 2. The van der Waals surface area contributed by atoms with Gasteiger partial charge >= 0.3 is 0 Å². The lowest BCUT2D eigenvalue weighted by atomic mass is 10.0. The molecule has 2 fully saturated rings. The summed E-state index contributed by atoms with van der Waals surface area (Å²) in [5.74, 6) is 0.133. The van der Waals surface area contributed by atoms with Gasteiger partial charge in [0.25, 0.3) is 5.91 Å². The zero-order chi connectivity index (χ0) is 25.4. The first-order valence-electron chi connectivity index (χ1n) is 12.9. The van der Waals surface area contributed by atoms with Gasteiger partial charge < -0.3 is 19.9 Å². The first-order valence-corrected chi connectivity index (χ1v) is 12.9. The third kappa shape index (κ3) is 4.77. The topological polar surface area (TPSA) is 105 Å². The highest BCUT2D eigenvalue weighted by atomic mass is 16.2. The van der Waals surface area contributed by atoms with E-state index in [9.17, 15) is 4.79 Å². The number of amides is 1. The van der Waals surface area contributed by atoms with E-state index < -0.39 is 0 Å². The van der Waals surface area contributed by atoms with Gasteiger partial charge in [0.1, 0.15) is 5.52 Å². The third-order valence-corrected chi connectivity index (χ3v) is 6.71. The van der Waals surface area contributed by atoms with E-state index in [1.54, 1.807) is 10.9 Å². The van der Waals surface area contributed by atoms with Crippen molar-refractivity contribution in [2.75, 3.05) is 23.3 Å². The van der Waals surface area contributed by atoms with E-state index >= 15 is 0 Å². The maximum Gasteiger partial charge on any atom is 0.277 e. The Morgan fingerprint density at radius 2 is 1.72 bits per heavy atom. The summed E-state index contributed by atoms with van der Waals surface area (Å²) in [7, 11) is 1.87. The molecule has 1 saturated carbocycles. The molecule has 1 amide bonds. The number of carbonyl (C=O) groups is 1. The molecule has 4 aromatic heterocycles. The molecule has 36 heavy (non-hydrogen) atoms. The van der Waals surface area contributed by atoms with Crippen molar-refractivity contribution in [2.45, 2.75) is 65.5 Å². The number of nitrogens with one attached hydrogen (secondary N) is 2. The van der Waals surface area contributed by atoms with Crippen LogP contribution >= 0.6 is 0 Å². The van der Waals surface area contributed by atoms with Crippen LogP contribution in [0.25, 0.3) is 16.6 Å². The highest BCUT2D eigenvalue weighted by Gasteiger charge is 2.28. The fraction of sp³-hybridized carbons (Fsp3) is 0.500. The standard InChI is InChI=1S/C24H29N9O.C2H6/c1-14-11-33-13-20(28-23(33)15(2)26-14)29-24(34)22-21-18(12-31(3)30-21)19(10-25-22)32-8-6-17(7-9-32)27-16-4-5-16;1-2/h10-13,16-17,27H,4-9H2,1-3H3,(H,29,34);1-2H3. The highest BCUT2D eigenvalue weighted by Crippen LogP contribution is 2.30. The van der Waals surface area contributed by atoms with Gasteiger partial charge in [-0.2, -0.15) is 5.10 Å². The average molecular weight is 490 g/mol. The average Bonchev–Trinajstić information content (AvgIpc) is 3.44. The Hall–Kier alpha value is -3.53. The second kappa shape index (κ2) is 9.85. The Morgan fingerprint density at radius 3 is 2.44 bits per heavy atom. The summed E-state index contributed by atoms with van der Waals surface area (Å²) >= 11 is 0. The van der Waals surface area contributed by atoms with E-state index in [-0.39, 0.29) is 5.91 Å². The number of imidazole rings is 1. The van der Waals surface area contributed by atoms with E-state index in [0.29, 0.717) is 28.7 Å². The molecule has 190 valence electrons. The number of anilines is 2. The number of fused-ring (bicyclic) bond motifs is 2. The van der Waals surface area contributed by atoms with Crippen LogP contribution in [0.2, 0.25) is 0 Å². The van der Waals surface area contributed by atoms with Crippen LogP contribution in [0, 0.1) is 13.8 Å². The molecule has 6 rings (SSSR count). The van der Waals surface area contributed by atoms with Crippen LogP contribution in [-0.2, 0) is 7.05 Å². The second-order valence-electron chi connectivity index (χ2n) is 9.54. The van der Waals surface area contributed by atoms with E-state index in [4.69, 9.17) is 0 Å². The Kier molecular flexibility index (Phi) is 6.61. The number of nitrogens with zero attached hydrogens (tertiary/aromatic N) is 7. The van der Waals surface area contributed by atoms with Gasteiger partial charge in [0.05, 0.1) is 29.5 Å². The smallest absolute Gasteiger partial charge is 0.277 e. The van der Waals surface area contributed by atoms with Crippen LogP contribution in [-0.4, -0.2) is 60.2 Å². The van der Waals surface area contributed by atoms with Gasteiger partial charge in [0.15, 0.2) is 17.2 Å². The monoisotopic (exact) mass is 489 g/mol. The SMILES string of the molecule is CC.Cc1cn2cc(NC(=O)c3ncc(N4CCC(NC5CC5)CC4)c4cn(C)nc34)nc2c(C)n1. The molecule has 10 nitrogen and oxygen atoms in total. The molecule has 0 radical (unpaired) electrons. The number of hydrogen-bond acceptors (Lipinski definition) is 7. The second-order valence-corrected chi connectivity index (χ2v) is 9.54. The molecule has 1 aliphatic heterocycles. The lowest BCUT2D eigenvalue weighted by molar-refractivity contribution is 0.102. The quantitative estimate of drug-likeness (QED) is 0.441. The van der Waals surface area contributed by atoms with Gasteiger partial charge in [-0.25, -0.2) is 9.97 Å². The summed E-state index contributed by atoms with van der Waals surface area (Å²) in [6.07, 6.45) is 12.3. The predicted octanol–water partition coefficient (Wildman–Crippen LogP) is 3.63. The van der Waals surface area contributed by atoms with Crippen molar-refractivity contribution in [3.05, 3.63) is 41.9 Å². The van der Waals surface area contributed by atoms with Gasteiger partial charge in [-0.15, -0.1) is 0 Å². The molecule has 10 heteroatoms. The van der Waals surface area contributed by atoms with Crippen molar-refractivity contribution >= 4 is 34.0 Å². The van der Waals surface area contributed by atoms with E-state index in [1.807, 2.05) is 57.7 Å². The molecule has 0 atom stereocenters. The maximum atomic E-state index is 13.2. The van der Waals surface area contributed by atoms with Crippen LogP contribution < -0.4 is 15.5 Å². The molecule has 0 unspecified atom stereocenters. The molecule has 0 spiro atoms. The zero-order valence-electron chi connectivity index (χ0n) is 21.7. The van der Waals surface area contributed by atoms with Gasteiger partial charge in [-0.05, 0) is 39.5 Å². The van der Waals surface area contributed by atoms with Crippen LogP contribution in [0.1, 0.15) is 61.4 Å². The van der Waals surface area contributed by atoms with Crippen LogP contribution in [0.4, 0.5) is 11.5 Å². The van der Waals surface area contributed by atoms with Crippen molar-refractivity contribution in [3.63, 3.8) is 0 Å². The van der Waals surface area contributed by atoms with E-state index in [0.717, 1.165) is 54.4 Å². The summed E-state index contributed by atoms with van der Waals surface area (Å²) in [6.45, 7) is 9.77. The molecular formula is C26H35N9O. The largest absolute Gasteiger partial charge is 0.370 e. The predicted molar refractivity (Wildman–Crippen MR) is 142 cm³/mol. The van der Waals surface area contributed by atoms with Crippen LogP contribution in [0.15, 0.2) is 24.8 Å². The Bertz CT molecular complexity index is 1390. The van der Waals surface area contributed by atoms with Crippen molar-refractivity contribution in [1.82, 2.24) is 34.4 Å². The molecular weight excluding hydrogens is 454 g/mol. The van der Waals surface area contributed by atoms with E-state index in [1.165, 1.54) is 12.8 Å². The number of pyridine rings is 1. The van der Waals surface area contributed by atoms with Crippen molar-refractivity contribution < 1.29 is 4.79 Å². The number of rotatable bonds is 5. The number of aryl methyl sites for hydroxylation is 3. The minimum atomic E-state index is -0.326. The summed E-state index contributed by atoms with van der Waals surface area (Å²) in [4.78, 5) is 29.1. The fourth-order valence-corrected chi connectivity index (χ4v) is 4.94. The van der Waals surface area contributed by atoms with Crippen molar-refractivity contribution in [3.8, 4) is 0 Å². The molecule has 0 aromatic carbocycles. The lowest BCUT2D eigenvalue weighted by Crippen LogP contribution is -2.43. The molecule has 2 N–H and O–H groups in total. The molecule has 1 saturated heterocycles. The zero-order valence-corrected chi connectivity index (χ0v) is 21.7. The summed E-state index contributed by atoms with van der Waals surface area (Å²) in [6, 6.07) is 1.33. The lowest BCUT2D eigenvalue weighted by Gasteiger charge is -2.34. The summed E-state index contributed by atoms with van der Waals surface area (Å²) in [5, 5.41) is 12.2. The number of carbonyl (C=O) groups excluding carboxylic acids is 1. The van der Waals surface area contributed by atoms with Crippen molar-refractivity contribution in [1.29, 1.82) is 0 Å². The number of piperidine rings is 1. The summed E-state index contributed by atoms with van der Waals surface area (Å²) < 4.78 is 3.62. The normalized spacial score (nSPS) is 16.3. The maximum absolute atomic E-state index is 13.2. The Morgan fingerprint density at radius 1 is 1.00 bits per heavy atom. The molecule has 1 aliphatic carbocycles. The Balaban J connectivity index is 0.00000130. The molecule has 2 aliphatic rings. The van der Waals surface area contributed by atoms with Crippen molar-refractivity contribution in [2.24, 2.45) is 7.05 Å². The first-order chi connectivity index (χ1) is 17.4. The van der Waals surface area contributed by atoms with Gasteiger partial charge in [0, 0.05) is 50.0 Å². The van der Waals surface area contributed by atoms with Gasteiger partial charge in [-0.1, -0.05) is 13.8 Å². The van der Waals surface area contributed by atoms with E-state index in [2.05, 4.69) is 35.6 Å². The highest BCUT2D eigenvalue weighted by molar-refractivity contribution is 6.12. The minimum absolute atomic E-state index is 0.299. The third-order valence-electron chi connectivity index (χ3n) is 6.71. The van der Waals surface area contributed by atoms with Gasteiger partial charge in [0.2, 0.25) is 0 Å². The minimum Gasteiger partial charge on any atom is -0.370 e. The molecule has 4 aromatic rings. The van der Waals surface area contributed by atoms with Crippen LogP contribution in [0.5, 0.6) is 0 Å². The Labute approximate surface area is 211 Å². The first kappa shape index (κ1) is 24.2. The fourth-order valence-electron chi connectivity index (χ4n) is 4.94. The van der Waals surface area contributed by atoms with Gasteiger partial charge in [-0.3, -0.25) is 14.5 Å². The molecule has 0 bridgehead atoms. The summed E-state index contributed by atoms with van der Waals surface area (Å²) in [5.41, 5.74) is 4.35. The number of aromatic nitrogens is 6.